The largest absolute Gasteiger partial charge is 1.00 e. The second-order valence-corrected chi connectivity index (χ2v) is 9.45. The Morgan fingerprint density at radius 1 is 1.00 bits per heavy atom. The van der Waals surface area contributed by atoms with E-state index < -0.39 is 11.5 Å². The molecule has 0 radical (unpaired) electrons. The van der Waals surface area contributed by atoms with E-state index in [-0.39, 0.29) is 41.0 Å². The molecule has 1 amide bonds. The Bertz CT molecular complexity index is 1260. The van der Waals surface area contributed by atoms with Gasteiger partial charge in [0.25, 0.3) is 5.91 Å². The number of para-hydroxylation sites is 1. The van der Waals surface area contributed by atoms with Crippen LogP contribution in [-0.2, 0) is 18.5 Å². The number of carbonyl (C=O) groups is 2. The van der Waals surface area contributed by atoms with Crippen molar-refractivity contribution in [1.29, 1.82) is 0 Å². The van der Waals surface area contributed by atoms with E-state index >= 15 is 0 Å². The fraction of sp³-hybridized carbons (Fsp3) is 0.231. The van der Waals surface area contributed by atoms with Gasteiger partial charge < -0.3 is 20.1 Å². The van der Waals surface area contributed by atoms with Crippen molar-refractivity contribution in [2.24, 2.45) is 0 Å². The number of nitrogens with zero attached hydrogens (tertiary/aromatic N) is 1. The van der Waals surface area contributed by atoms with Crippen molar-refractivity contribution in [3.05, 3.63) is 98.5 Å². The van der Waals surface area contributed by atoms with Crippen LogP contribution < -0.4 is 44.9 Å². The monoisotopic (exact) mass is 502 g/mol. The van der Waals surface area contributed by atoms with Crippen molar-refractivity contribution in [2.45, 2.75) is 31.3 Å². The van der Waals surface area contributed by atoms with Crippen molar-refractivity contribution < 1.29 is 44.3 Å². The molecule has 1 N–H and O–H groups in total. The molecule has 3 aromatic carbocycles. The first-order chi connectivity index (χ1) is 15.9. The van der Waals surface area contributed by atoms with Crippen LogP contribution >= 0.6 is 23.2 Å². The maximum absolute atomic E-state index is 13.4. The maximum Gasteiger partial charge on any atom is 1.00 e. The Hall–Kier alpha value is -2.02. The summed E-state index contributed by atoms with van der Waals surface area (Å²) in [4.78, 5) is 26.7. The third-order valence-electron chi connectivity index (χ3n) is 6.46. The van der Waals surface area contributed by atoms with Gasteiger partial charge in [0, 0.05) is 13.1 Å². The zero-order valence-electron chi connectivity index (χ0n) is 18.7. The zero-order valence-corrected chi connectivity index (χ0v) is 22.2. The van der Waals surface area contributed by atoms with Crippen LogP contribution in [0.1, 0.15) is 50.2 Å². The average Bonchev–Trinajstić information content (AvgIpc) is 3.48. The maximum atomic E-state index is 13.4. The predicted octanol–water partition coefficient (Wildman–Crippen LogP) is 1.34. The van der Waals surface area contributed by atoms with Crippen LogP contribution in [0.25, 0.3) is 0 Å². The molecular weight excluding hydrogens is 482 g/mol. The van der Waals surface area contributed by atoms with E-state index in [0.29, 0.717) is 22.2 Å². The quantitative estimate of drug-likeness (QED) is 0.516. The Balaban J connectivity index is 0.00000274. The number of nitrogens with one attached hydrogen (secondary N) is 1. The Labute approximate surface area is 230 Å². The molecule has 0 spiro atoms. The number of carbonyl (C=O) groups excluding carboxylic acids is 2. The molecule has 1 saturated carbocycles. The molecule has 2 aliphatic rings. The van der Waals surface area contributed by atoms with E-state index in [0.717, 1.165) is 48.2 Å². The first-order valence-corrected chi connectivity index (χ1v) is 11.6. The van der Waals surface area contributed by atoms with Gasteiger partial charge in [0.1, 0.15) is 0 Å². The standard InChI is InChI=1S/C26H22Cl2N2O3.Na/c27-21-9-4-16(14-22(21)28)15-30-13-10-17-2-1-3-20(23(17)30)24(31)29-26(11-12-26)19-7-5-18(6-8-19)25(32)33;/h1-9,14H,10-13,15H2,(H,29,31)(H,32,33);/q;+1/p-1. The van der Waals surface area contributed by atoms with Crippen LogP contribution in [0.3, 0.4) is 0 Å². The number of benzene rings is 3. The van der Waals surface area contributed by atoms with E-state index in [1.807, 2.05) is 24.3 Å². The molecule has 3 aromatic rings. The molecule has 5 rings (SSSR count). The molecule has 8 heteroatoms. The van der Waals surface area contributed by atoms with Crippen molar-refractivity contribution in [3.8, 4) is 0 Å². The van der Waals surface area contributed by atoms with Crippen molar-refractivity contribution in [2.75, 3.05) is 11.4 Å². The summed E-state index contributed by atoms with van der Waals surface area (Å²) in [5, 5.41) is 15.3. The van der Waals surface area contributed by atoms with Gasteiger partial charge in [0.15, 0.2) is 0 Å². The van der Waals surface area contributed by atoms with Crippen LogP contribution in [0.4, 0.5) is 5.69 Å². The summed E-state index contributed by atoms with van der Waals surface area (Å²) < 4.78 is 0. The number of carboxylic acid groups (broad SMARTS) is 1. The molecule has 1 aliphatic carbocycles. The molecular formula is C26H21Cl2N2NaO3. The fourth-order valence-corrected chi connectivity index (χ4v) is 4.87. The van der Waals surface area contributed by atoms with Gasteiger partial charge in [-0.15, -0.1) is 0 Å². The first-order valence-electron chi connectivity index (χ1n) is 10.8. The van der Waals surface area contributed by atoms with E-state index in [4.69, 9.17) is 23.2 Å². The summed E-state index contributed by atoms with van der Waals surface area (Å²) >= 11 is 12.3. The molecule has 0 saturated heterocycles. The zero-order chi connectivity index (χ0) is 23.2. The molecule has 0 unspecified atom stereocenters. The molecule has 0 bridgehead atoms. The second kappa shape index (κ2) is 9.92. The van der Waals surface area contributed by atoms with Gasteiger partial charge in [-0.2, -0.15) is 0 Å². The van der Waals surface area contributed by atoms with Crippen LogP contribution in [0.15, 0.2) is 60.7 Å². The van der Waals surface area contributed by atoms with E-state index in [2.05, 4.69) is 16.3 Å². The number of fused-ring (bicyclic) bond motifs is 1. The van der Waals surface area contributed by atoms with Gasteiger partial charge >= 0.3 is 29.6 Å². The number of amides is 1. The normalized spacial score (nSPS) is 15.3. The molecule has 1 heterocycles. The van der Waals surface area contributed by atoms with E-state index in [1.54, 1.807) is 18.2 Å². The minimum Gasteiger partial charge on any atom is -0.545 e. The number of halogens is 2. The Kier molecular flexibility index (Phi) is 7.32. The molecule has 1 aliphatic heterocycles. The number of hydrogen-bond acceptors (Lipinski definition) is 4. The Morgan fingerprint density at radius 3 is 2.38 bits per heavy atom. The number of hydrogen-bond donors (Lipinski definition) is 1. The van der Waals surface area contributed by atoms with E-state index in [9.17, 15) is 14.7 Å². The van der Waals surface area contributed by atoms with Crippen LogP contribution in [0, 0.1) is 0 Å². The van der Waals surface area contributed by atoms with Crippen LogP contribution in [0.2, 0.25) is 10.0 Å². The summed E-state index contributed by atoms with van der Waals surface area (Å²) in [5.74, 6) is -1.34. The van der Waals surface area contributed by atoms with Crippen LogP contribution in [0.5, 0.6) is 0 Å². The van der Waals surface area contributed by atoms with Gasteiger partial charge in [-0.3, -0.25) is 4.79 Å². The third-order valence-corrected chi connectivity index (χ3v) is 7.20. The van der Waals surface area contributed by atoms with E-state index in [1.165, 1.54) is 12.1 Å². The predicted molar refractivity (Wildman–Crippen MR) is 127 cm³/mol. The molecule has 0 aromatic heterocycles. The topological polar surface area (TPSA) is 72.5 Å². The molecule has 0 atom stereocenters. The van der Waals surface area contributed by atoms with Crippen molar-refractivity contribution >= 4 is 40.8 Å². The fourth-order valence-electron chi connectivity index (χ4n) is 4.55. The van der Waals surface area contributed by atoms with Gasteiger partial charge in [-0.05, 0) is 59.7 Å². The molecule has 168 valence electrons. The summed E-state index contributed by atoms with van der Waals surface area (Å²) in [6.45, 7) is 1.44. The van der Waals surface area contributed by atoms with Gasteiger partial charge in [0.05, 0.1) is 32.8 Å². The molecule has 34 heavy (non-hydrogen) atoms. The minimum atomic E-state index is -1.21. The smallest absolute Gasteiger partial charge is 0.545 e. The summed E-state index contributed by atoms with van der Waals surface area (Å²) in [5.41, 5.74) is 4.33. The van der Waals surface area contributed by atoms with Gasteiger partial charge in [0.2, 0.25) is 0 Å². The third kappa shape index (κ3) is 4.86. The summed E-state index contributed by atoms with van der Waals surface area (Å²) in [6.07, 6.45) is 2.49. The second-order valence-electron chi connectivity index (χ2n) is 8.63. The van der Waals surface area contributed by atoms with Crippen LogP contribution in [-0.4, -0.2) is 18.4 Å². The first kappa shape index (κ1) is 25.1. The molecule has 1 fully saturated rings. The van der Waals surface area contributed by atoms with Gasteiger partial charge in [-0.1, -0.05) is 65.7 Å². The Morgan fingerprint density at radius 2 is 1.74 bits per heavy atom. The average molecular weight is 503 g/mol. The SMILES string of the molecule is O=C([O-])c1ccc(C2(NC(=O)c3cccc4c3N(Cc3ccc(Cl)c(Cl)c3)CC4)CC2)cc1.[Na+]. The minimum absolute atomic E-state index is 0. The summed E-state index contributed by atoms with van der Waals surface area (Å²) in [7, 11) is 0. The summed E-state index contributed by atoms with van der Waals surface area (Å²) in [6, 6.07) is 18.0. The number of rotatable bonds is 6. The number of anilines is 1. The number of carboxylic acids is 1. The molecule has 5 nitrogen and oxygen atoms in total. The van der Waals surface area contributed by atoms with Gasteiger partial charge in [-0.25, -0.2) is 0 Å². The van der Waals surface area contributed by atoms with Crippen molar-refractivity contribution in [1.82, 2.24) is 5.32 Å². The number of aromatic carboxylic acids is 1. The van der Waals surface area contributed by atoms with Crippen molar-refractivity contribution in [3.63, 3.8) is 0 Å².